The summed E-state index contributed by atoms with van der Waals surface area (Å²) in [6, 6.07) is 9.97. The molecule has 0 spiro atoms. The number of aromatic nitrogens is 2. The molecule has 0 aromatic carbocycles. The fourth-order valence-corrected chi connectivity index (χ4v) is 4.98. The van der Waals surface area contributed by atoms with Crippen LogP contribution in [-0.2, 0) is 13.1 Å². The van der Waals surface area contributed by atoms with Gasteiger partial charge < -0.3 is 4.57 Å². The van der Waals surface area contributed by atoms with Gasteiger partial charge in [-0.3, -0.25) is 20.7 Å². The van der Waals surface area contributed by atoms with Crippen LogP contribution in [0, 0.1) is 11.8 Å². The topological polar surface area (TPSA) is 45.1 Å². The van der Waals surface area contributed by atoms with E-state index in [1.54, 1.807) is 0 Å². The van der Waals surface area contributed by atoms with E-state index in [0.717, 1.165) is 24.9 Å². The third-order valence-electron chi connectivity index (χ3n) is 6.68. The molecular weight excluding hydrogens is 322 g/mol. The number of hydrogen-bond donors (Lipinski definition) is 2. The second-order valence-corrected chi connectivity index (χ2v) is 8.29. The average molecular weight is 351 g/mol. The number of rotatable bonds is 5. The number of likely N-dealkylation sites (tertiary alicyclic amines) is 1. The van der Waals surface area contributed by atoms with Crippen molar-refractivity contribution in [2.24, 2.45) is 11.8 Å². The lowest BCUT2D eigenvalue weighted by Gasteiger charge is -2.40. The maximum Gasteiger partial charge on any atom is 0.0488 e. The smallest absolute Gasteiger partial charge is 0.0488 e. The molecule has 138 valence electrons. The first kappa shape index (κ1) is 16.5. The van der Waals surface area contributed by atoms with Gasteiger partial charge in [-0.25, -0.2) is 0 Å². The Bertz CT molecular complexity index is 723. The summed E-state index contributed by atoms with van der Waals surface area (Å²) in [5.41, 5.74) is 9.90. The summed E-state index contributed by atoms with van der Waals surface area (Å²) in [5.74, 6) is 1.66. The van der Waals surface area contributed by atoms with Crippen molar-refractivity contribution in [2.75, 3.05) is 13.1 Å². The van der Waals surface area contributed by atoms with Crippen LogP contribution in [0.3, 0.4) is 0 Å². The fourth-order valence-electron chi connectivity index (χ4n) is 4.98. The zero-order valence-electron chi connectivity index (χ0n) is 15.3. The van der Waals surface area contributed by atoms with Crippen molar-refractivity contribution >= 4 is 0 Å². The van der Waals surface area contributed by atoms with Crippen LogP contribution in [-0.4, -0.2) is 39.6 Å². The molecule has 3 aliphatic rings. The maximum absolute atomic E-state index is 4.25. The predicted octanol–water partition coefficient (Wildman–Crippen LogP) is 2.40. The van der Waals surface area contributed by atoms with E-state index in [0.29, 0.717) is 12.1 Å². The van der Waals surface area contributed by atoms with Crippen molar-refractivity contribution in [1.82, 2.24) is 25.3 Å². The summed E-state index contributed by atoms with van der Waals surface area (Å²) in [6.45, 7) is 4.35. The van der Waals surface area contributed by atoms with Gasteiger partial charge in [0.2, 0.25) is 0 Å². The largest absolute Gasteiger partial charge is 0.346 e. The molecule has 2 aliphatic heterocycles. The van der Waals surface area contributed by atoms with Gasteiger partial charge in [-0.2, -0.15) is 0 Å². The Hall–Kier alpha value is -1.69. The van der Waals surface area contributed by atoms with Crippen LogP contribution in [0.4, 0.5) is 0 Å². The molecule has 2 aromatic heterocycles. The number of pyridine rings is 1. The molecule has 2 N–H and O–H groups in total. The quantitative estimate of drug-likeness (QED) is 0.868. The molecule has 5 nitrogen and oxygen atoms in total. The van der Waals surface area contributed by atoms with Crippen LogP contribution < -0.4 is 10.9 Å². The van der Waals surface area contributed by atoms with E-state index in [1.807, 2.05) is 18.5 Å². The van der Waals surface area contributed by atoms with Gasteiger partial charge in [-0.1, -0.05) is 12.5 Å². The molecule has 0 bridgehead atoms. The molecule has 4 heterocycles. The molecule has 5 rings (SSSR count). The second kappa shape index (κ2) is 7.14. The Labute approximate surface area is 155 Å². The Morgan fingerprint density at radius 1 is 1.08 bits per heavy atom. The van der Waals surface area contributed by atoms with Crippen LogP contribution >= 0.6 is 0 Å². The first-order chi connectivity index (χ1) is 12.9. The second-order valence-electron chi connectivity index (χ2n) is 8.29. The minimum absolute atomic E-state index is 0.666. The third kappa shape index (κ3) is 3.20. The maximum atomic E-state index is 4.25. The van der Waals surface area contributed by atoms with E-state index in [4.69, 9.17) is 0 Å². The monoisotopic (exact) mass is 351 g/mol. The zero-order valence-corrected chi connectivity index (χ0v) is 15.3. The van der Waals surface area contributed by atoms with Crippen LogP contribution in [0.15, 0.2) is 42.9 Å². The van der Waals surface area contributed by atoms with Gasteiger partial charge in [0.1, 0.15) is 0 Å². The van der Waals surface area contributed by atoms with Crippen molar-refractivity contribution in [1.29, 1.82) is 0 Å². The molecule has 0 radical (unpaired) electrons. The van der Waals surface area contributed by atoms with Crippen molar-refractivity contribution in [3.63, 3.8) is 0 Å². The van der Waals surface area contributed by atoms with E-state index in [9.17, 15) is 0 Å². The Morgan fingerprint density at radius 2 is 2.04 bits per heavy atom. The predicted molar refractivity (Wildman–Crippen MR) is 102 cm³/mol. The molecule has 26 heavy (non-hydrogen) atoms. The first-order valence-electron chi connectivity index (χ1n) is 10.1. The van der Waals surface area contributed by atoms with E-state index in [1.165, 1.54) is 50.0 Å². The molecular formula is C21H29N5. The SMILES string of the molecule is c1cncc(Cn2cccc2CN2CCC3NNC(C4CCC4)C3C2)c1. The Morgan fingerprint density at radius 3 is 2.85 bits per heavy atom. The summed E-state index contributed by atoms with van der Waals surface area (Å²) in [5, 5.41) is 0. The fraction of sp³-hybridized carbons (Fsp3) is 0.571. The Kier molecular flexibility index (Phi) is 4.53. The Balaban J connectivity index is 1.25. The molecule has 3 atom stereocenters. The summed E-state index contributed by atoms with van der Waals surface area (Å²) in [7, 11) is 0. The summed E-state index contributed by atoms with van der Waals surface area (Å²) in [6.07, 6.45) is 11.5. The van der Waals surface area contributed by atoms with Crippen LogP contribution in [0.1, 0.15) is 36.9 Å². The third-order valence-corrected chi connectivity index (χ3v) is 6.68. The van der Waals surface area contributed by atoms with Gasteiger partial charge in [-0.15, -0.1) is 0 Å². The van der Waals surface area contributed by atoms with Gasteiger partial charge in [-0.05, 0) is 48.9 Å². The number of nitrogens with zero attached hydrogens (tertiary/aromatic N) is 3. The van der Waals surface area contributed by atoms with Gasteiger partial charge in [0, 0.05) is 68.5 Å². The van der Waals surface area contributed by atoms with Crippen molar-refractivity contribution < 1.29 is 0 Å². The molecule has 2 aromatic rings. The van der Waals surface area contributed by atoms with E-state index in [2.05, 4.69) is 49.7 Å². The van der Waals surface area contributed by atoms with Crippen LogP contribution in [0.5, 0.6) is 0 Å². The normalized spacial score (nSPS) is 29.5. The van der Waals surface area contributed by atoms with Crippen molar-refractivity contribution in [3.05, 3.63) is 54.1 Å². The van der Waals surface area contributed by atoms with Crippen molar-refractivity contribution in [3.8, 4) is 0 Å². The lowest BCUT2D eigenvalue weighted by molar-refractivity contribution is 0.115. The van der Waals surface area contributed by atoms with Gasteiger partial charge >= 0.3 is 0 Å². The molecule has 2 saturated heterocycles. The lowest BCUT2D eigenvalue weighted by Crippen LogP contribution is -2.48. The molecule has 0 amide bonds. The van der Waals surface area contributed by atoms with E-state index < -0.39 is 0 Å². The average Bonchev–Trinajstić information content (AvgIpc) is 3.22. The summed E-state index contributed by atoms with van der Waals surface area (Å²) < 4.78 is 2.37. The van der Waals surface area contributed by atoms with Gasteiger partial charge in [0.05, 0.1) is 0 Å². The molecule has 1 aliphatic carbocycles. The lowest BCUT2D eigenvalue weighted by atomic mass is 9.73. The number of hydrazine groups is 1. The first-order valence-corrected chi connectivity index (χ1v) is 10.1. The molecule has 5 heteroatoms. The number of fused-ring (bicyclic) bond motifs is 1. The standard InChI is InChI=1S/C21H29N5/c1-5-17(6-1)21-19-15-25(11-8-20(19)23-24-21)14-18-7-3-10-26(18)13-16-4-2-9-22-12-16/h2-4,7,9-10,12,17,19-21,23-24H,1,5-6,8,11,13-15H2. The molecule has 3 unspecified atom stereocenters. The van der Waals surface area contributed by atoms with Crippen LogP contribution in [0.2, 0.25) is 0 Å². The highest BCUT2D eigenvalue weighted by Crippen LogP contribution is 2.37. The summed E-state index contributed by atoms with van der Waals surface area (Å²) >= 11 is 0. The highest BCUT2D eigenvalue weighted by molar-refractivity contribution is 5.14. The van der Waals surface area contributed by atoms with Gasteiger partial charge in [0.15, 0.2) is 0 Å². The molecule has 1 saturated carbocycles. The zero-order chi connectivity index (χ0) is 17.3. The summed E-state index contributed by atoms with van der Waals surface area (Å²) in [4.78, 5) is 6.91. The number of nitrogens with one attached hydrogen (secondary N) is 2. The van der Waals surface area contributed by atoms with Crippen LogP contribution in [0.25, 0.3) is 0 Å². The minimum atomic E-state index is 0.666. The number of piperidine rings is 1. The van der Waals surface area contributed by atoms with Gasteiger partial charge in [0.25, 0.3) is 0 Å². The molecule has 3 fully saturated rings. The number of hydrogen-bond acceptors (Lipinski definition) is 4. The van der Waals surface area contributed by atoms with Crippen molar-refractivity contribution in [2.45, 2.75) is 50.9 Å². The van der Waals surface area contributed by atoms with E-state index >= 15 is 0 Å². The highest BCUT2D eigenvalue weighted by Gasteiger charge is 2.44. The minimum Gasteiger partial charge on any atom is -0.346 e. The van der Waals surface area contributed by atoms with E-state index in [-0.39, 0.29) is 0 Å². The highest BCUT2D eigenvalue weighted by atomic mass is 15.4.